The van der Waals surface area contributed by atoms with Crippen LogP contribution in [0.5, 0.6) is 0 Å². The van der Waals surface area contributed by atoms with Gasteiger partial charge in [-0.3, -0.25) is 0 Å². The molecule has 0 fully saturated rings. The topological polar surface area (TPSA) is 37.8 Å². The van der Waals surface area contributed by atoms with Gasteiger partial charge in [-0.25, -0.2) is 9.97 Å². The SMILES string of the molecule is CCCNc1nc(-c2ccc(Br)cc2)nc(C(C)C)c1I. The molecule has 0 aliphatic heterocycles. The molecule has 1 heterocycles. The fourth-order valence-corrected chi connectivity index (χ4v) is 3.25. The maximum absolute atomic E-state index is 4.77. The summed E-state index contributed by atoms with van der Waals surface area (Å²) in [7, 11) is 0. The van der Waals surface area contributed by atoms with E-state index in [1.54, 1.807) is 0 Å². The Bertz CT molecular complexity index is 612. The van der Waals surface area contributed by atoms with Crippen molar-refractivity contribution in [2.75, 3.05) is 11.9 Å². The van der Waals surface area contributed by atoms with Crippen LogP contribution in [0.25, 0.3) is 11.4 Å². The zero-order valence-electron chi connectivity index (χ0n) is 12.5. The van der Waals surface area contributed by atoms with Crippen molar-refractivity contribution in [3.63, 3.8) is 0 Å². The highest BCUT2D eigenvalue weighted by Gasteiger charge is 2.15. The predicted octanol–water partition coefficient (Wildman–Crippen LogP) is 5.46. The molecule has 0 aliphatic rings. The average Bonchev–Trinajstić information content (AvgIpc) is 2.47. The van der Waals surface area contributed by atoms with E-state index in [0.29, 0.717) is 5.92 Å². The molecule has 0 bridgehead atoms. The van der Waals surface area contributed by atoms with Crippen LogP contribution in [0.2, 0.25) is 0 Å². The molecule has 2 aromatic rings. The van der Waals surface area contributed by atoms with Gasteiger partial charge in [0.05, 0.1) is 9.26 Å². The van der Waals surface area contributed by atoms with Crippen molar-refractivity contribution in [1.29, 1.82) is 0 Å². The molecule has 0 radical (unpaired) electrons. The van der Waals surface area contributed by atoms with Gasteiger partial charge in [-0.2, -0.15) is 0 Å². The van der Waals surface area contributed by atoms with E-state index in [9.17, 15) is 0 Å². The Kier molecular flexibility index (Phi) is 5.98. The molecule has 2 rings (SSSR count). The van der Waals surface area contributed by atoms with Gasteiger partial charge in [-0.05, 0) is 47.1 Å². The highest BCUT2D eigenvalue weighted by atomic mass is 127. The zero-order valence-corrected chi connectivity index (χ0v) is 16.2. The summed E-state index contributed by atoms with van der Waals surface area (Å²) in [5, 5.41) is 3.41. The third-order valence-corrected chi connectivity index (χ3v) is 4.66. The van der Waals surface area contributed by atoms with Gasteiger partial charge in [-0.1, -0.05) is 48.8 Å². The van der Waals surface area contributed by atoms with E-state index in [1.165, 1.54) is 0 Å². The maximum Gasteiger partial charge on any atom is 0.161 e. The summed E-state index contributed by atoms with van der Waals surface area (Å²) >= 11 is 5.80. The van der Waals surface area contributed by atoms with Crippen LogP contribution >= 0.6 is 38.5 Å². The lowest BCUT2D eigenvalue weighted by atomic mass is 10.1. The molecule has 0 atom stereocenters. The number of halogens is 2. The fourth-order valence-electron chi connectivity index (χ4n) is 1.94. The lowest BCUT2D eigenvalue weighted by Gasteiger charge is -2.15. The molecule has 0 amide bonds. The van der Waals surface area contributed by atoms with Crippen molar-refractivity contribution in [2.24, 2.45) is 0 Å². The highest BCUT2D eigenvalue weighted by molar-refractivity contribution is 14.1. The van der Waals surface area contributed by atoms with Gasteiger partial charge in [-0.15, -0.1) is 0 Å². The number of hydrogen-bond acceptors (Lipinski definition) is 3. The normalized spacial score (nSPS) is 11.0. The lowest BCUT2D eigenvalue weighted by Crippen LogP contribution is -2.10. The second-order valence-corrected chi connectivity index (χ2v) is 7.18. The zero-order chi connectivity index (χ0) is 15.4. The van der Waals surface area contributed by atoms with Gasteiger partial charge < -0.3 is 5.32 Å². The molecule has 0 saturated carbocycles. The molecule has 3 nitrogen and oxygen atoms in total. The molecule has 1 aromatic carbocycles. The Balaban J connectivity index is 2.50. The van der Waals surface area contributed by atoms with Crippen molar-refractivity contribution in [2.45, 2.75) is 33.1 Å². The first-order chi connectivity index (χ1) is 10.0. The lowest BCUT2D eigenvalue weighted by molar-refractivity contribution is 0.807. The fraction of sp³-hybridized carbons (Fsp3) is 0.375. The van der Waals surface area contributed by atoms with Crippen LogP contribution in [0.15, 0.2) is 28.7 Å². The smallest absolute Gasteiger partial charge is 0.161 e. The van der Waals surface area contributed by atoms with Crippen molar-refractivity contribution in [1.82, 2.24) is 9.97 Å². The van der Waals surface area contributed by atoms with Crippen LogP contribution < -0.4 is 5.32 Å². The summed E-state index contributed by atoms with van der Waals surface area (Å²) in [5.74, 6) is 2.09. The largest absolute Gasteiger partial charge is 0.369 e. The quantitative estimate of drug-likeness (QED) is 0.603. The van der Waals surface area contributed by atoms with E-state index < -0.39 is 0 Å². The number of hydrogen-bond donors (Lipinski definition) is 1. The first kappa shape index (κ1) is 16.7. The Morgan fingerprint density at radius 2 is 1.86 bits per heavy atom. The molecule has 1 aromatic heterocycles. The third kappa shape index (κ3) is 4.16. The van der Waals surface area contributed by atoms with E-state index >= 15 is 0 Å². The molecule has 0 unspecified atom stereocenters. The number of anilines is 1. The standard InChI is InChI=1S/C16H19BrIN3/c1-4-9-19-16-13(18)14(10(2)3)20-15(21-16)11-5-7-12(17)8-6-11/h5-8,10H,4,9H2,1-3H3,(H,19,20,21). The Morgan fingerprint density at radius 1 is 1.19 bits per heavy atom. The minimum atomic E-state index is 0.372. The highest BCUT2D eigenvalue weighted by Crippen LogP contribution is 2.28. The Hall–Kier alpha value is -0.690. The molecule has 0 saturated heterocycles. The summed E-state index contributed by atoms with van der Waals surface area (Å²) in [5.41, 5.74) is 2.14. The summed E-state index contributed by atoms with van der Waals surface area (Å²) in [6.07, 6.45) is 1.07. The number of benzene rings is 1. The van der Waals surface area contributed by atoms with Crippen molar-refractivity contribution in [3.05, 3.63) is 38.0 Å². The minimum Gasteiger partial charge on any atom is -0.369 e. The predicted molar refractivity (Wildman–Crippen MR) is 101 cm³/mol. The number of rotatable bonds is 5. The maximum atomic E-state index is 4.77. The van der Waals surface area contributed by atoms with Crippen LogP contribution in [-0.4, -0.2) is 16.5 Å². The summed E-state index contributed by atoms with van der Waals surface area (Å²) in [6, 6.07) is 8.12. The number of nitrogens with zero attached hydrogens (tertiary/aromatic N) is 2. The van der Waals surface area contributed by atoms with E-state index in [1.807, 2.05) is 24.3 Å². The van der Waals surface area contributed by atoms with Crippen LogP contribution in [0.4, 0.5) is 5.82 Å². The summed E-state index contributed by atoms with van der Waals surface area (Å²) in [4.78, 5) is 9.47. The van der Waals surface area contributed by atoms with Gasteiger partial charge in [0, 0.05) is 16.6 Å². The van der Waals surface area contributed by atoms with E-state index in [4.69, 9.17) is 9.97 Å². The number of nitrogens with one attached hydrogen (secondary N) is 1. The molecular formula is C16H19BrIN3. The Labute approximate surface area is 148 Å². The van der Waals surface area contributed by atoms with Gasteiger partial charge in [0.2, 0.25) is 0 Å². The van der Waals surface area contributed by atoms with Crippen molar-refractivity contribution >= 4 is 44.3 Å². The van der Waals surface area contributed by atoms with E-state index in [-0.39, 0.29) is 0 Å². The van der Waals surface area contributed by atoms with E-state index in [0.717, 1.165) is 43.9 Å². The van der Waals surface area contributed by atoms with Gasteiger partial charge in [0.1, 0.15) is 5.82 Å². The van der Waals surface area contributed by atoms with Crippen molar-refractivity contribution < 1.29 is 0 Å². The van der Waals surface area contributed by atoms with Crippen LogP contribution in [0.3, 0.4) is 0 Å². The Morgan fingerprint density at radius 3 is 2.43 bits per heavy atom. The van der Waals surface area contributed by atoms with Gasteiger partial charge >= 0.3 is 0 Å². The molecule has 1 N–H and O–H groups in total. The van der Waals surface area contributed by atoms with Crippen molar-refractivity contribution in [3.8, 4) is 11.4 Å². The number of aromatic nitrogens is 2. The summed E-state index contributed by atoms with van der Waals surface area (Å²) in [6.45, 7) is 7.41. The molecule has 5 heteroatoms. The van der Waals surface area contributed by atoms with Crippen LogP contribution in [-0.2, 0) is 0 Å². The molecular weight excluding hydrogens is 441 g/mol. The van der Waals surface area contributed by atoms with Crippen LogP contribution in [0, 0.1) is 3.57 Å². The monoisotopic (exact) mass is 459 g/mol. The van der Waals surface area contributed by atoms with Crippen LogP contribution in [0.1, 0.15) is 38.8 Å². The first-order valence-electron chi connectivity index (χ1n) is 7.10. The average molecular weight is 460 g/mol. The second-order valence-electron chi connectivity index (χ2n) is 5.18. The minimum absolute atomic E-state index is 0.372. The molecule has 0 spiro atoms. The molecule has 0 aliphatic carbocycles. The third-order valence-electron chi connectivity index (χ3n) is 3.07. The molecule has 112 valence electrons. The van der Waals surface area contributed by atoms with Gasteiger partial charge in [0.25, 0.3) is 0 Å². The molecule has 21 heavy (non-hydrogen) atoms. The summed E-state index contributed by atoms with van der Waals surface area (Å²) < 4.78 is 2.18. The first-order valence-corrected chi connectivity index (χ1v) is 8.97. The van der Waals surface area contributed by atoms with Gasteiger partial charge in [0.15, 0.2) is 5.82 Å². The van der Waals surface area contributed by atoms with E-state index in [2.05, 4.69) is 64.6 Å². The second kappa shape index (κ2) is 7.54.